The van der Waals surface area contributed by atoms with Gasteiger partial charge in [-0.1, -0.05) is 38.5 Å². The third kappa shape index (κ3) is 11.1. The lowest BCUT2D eigenvalue weighted by Crippen LogP contribution is -1.85. The first-order valence-corrected chi connectivity index (χ1v) is 4.34. The molecule has 0 aromatic heterocycles. The molecule has 0 spiro atoms. The molecular formula is C7H12Cl2O. The van der Waals surface area contributed by atoms with Gasteiger partial charge in [0.1, 0.15) is 0 Å². The Labute approximate surface area is 71.7 Å². The normalized spacial score (nSPS) is 17.0. The summed E-state index contributed by atoms with van der Waals surface area (Å²) in [6.45, 7) is 0. The second-order valence-electron chi connectivity index (χ2n) is 2.35. The van der Waals surface area contributed by atoms with Crippen molar-refractivity contribution in [2.75, 3.05) is 0 Å². The largest absolute Gasteiger partial charge is 0.313 e. The Bertz CT molecular complexity index is 74.1. The average Bonchev–Trinajstić information content (AvgIpc) is 1.90. The van der Waals surface area contributed by atoms with Crippen molar-refractivity contribution in [2.24, 2.45) is 0 Å². The van der Waals surface area contributed by atoms with Crippen LogP contribution in [-0.4, -0.2) is 4.70 Å². The van der Waals surface area contributed by atoms with E-state index >= 15 is 0 Å². The molecule has 0 atom stereocenters. The zero-order valence-electron chi connectivity index (χ0n) is 5.91. The van der Waals surface area contributed by atoms with Crippen molar-refractivity contribution in [1.29, 1.82) is 0 Å². The number of rotatable bonds is 0. The topological polar surface area (TPSA) is 17.1 Å². The van der Waals surface area contributed by atoms with Crippen molar-refractivity contribution in [3.05, 3.63) is 0 Å². The number of halogens is 2. The lowest BCUT2D eigenvalue weighted by molar-refractivity contribution is 0.275. The van der Waals surface area contributed by atoms with Gasteiger partial charge in [-0.2, -0.15) is 0 Å². The molecule has 1 nitrogen and oxygen atoms in total. The van der Waals surface area contributed by atoms with Crippen molar-refractivity contribution in [1.82, 2.24) is 0 Å². The Morgan fingerprint density at radius 1 is 0.800 bits per heavy atom. The van der Waals surface area contributed by atoms with E-state index in [0.717, 1.165) is 0 Å². The molecule has 1 aliphatic rings. The molecule has 60 valence electrons. The number of carbonyl (C=O) groups excluding carboxylic acids is 1. The summed E-state index contributed by atoms with van der Waals surface area (Å²) < 4.78 is -0.889. The van der Waals surface area contributed by atoms with Gasteiger partial charge >= 0.3 is 4.70 Å². The van der Waals surface area contributed by atoms with E-state index in [1.54, 1.807) is 0 Å². The summed E-state index contributed by atoms with van der Waals surface area (Å²) >= 11 is 8.80. The Morgan fingerprint density at radius 3 is 1.00 bits per heavy atom. The van der Waals surface area contributed by atoms with Crippen molar-refractivity contribution < 1.29 is 4.79 Å². The van der Waals surface area contributed by atoms with E-state index < -0.39 is 4.70 Å². The lowest BCUT2D eigenvalue weighted by Gasteiger charge is -2.05. The zero-order chi connectivity index (χ0) is 7.82. The fourth-order valence-corrected chi connectivity index (χ4v) is 1.06. The fourth-order valence-electron chi connectivity index (χ4n) is 1.06. The third-order valence-electron chi connectivity index (χ3n) is 1.50. The van der Waals surface area contributed by atoms with Gasteiger partial charge in [-0.15, -0.1) is 0 Å². The minimum Gasteiger partial charge on any atom is -0.262 e. The predicted molar refractivity (Wildman–Crippen MR) is 44.8 cm³/mol. The molecule has 1 saturated carbocycles. The van der Waals surface area contributed by atoms with Crippen molar-refractivity contribution in [3.8, 4) is 0 Å². The molecule has 10 heavy (non-hydrogen) atoms. The van der Waals surface area contributed by atoms with Crippen LogP contribution in [0.4, 0.5) is 4.79 Å². The molecule has 0 aliphatic heterocycles. The zero-order valence-corrected chi connectivity index (χ0v) is 7.42. The van der Waals surface area contributed by atoms with E-state index in [-0.39, 0.29) is 0 Å². The molecule has 0 N–H and O–H groups in total. The Kier molecular flexibility index (Phi) is 7.54. The molecule has 0 saturated heterocycles. The van der Waals surface area contributed by atoms with Crippen LogP contribution in [0, 0.1) is 0 Å². The van der Waals surface area contributed by atoms with E-state index in [1.165, 1.54) is 38.5 Å². The first-order valence-electron chi connectivity index (χ1n) is 3.58. The van der Waals surface area contributed by atoms with Crippen LogP contribution in [0.1, 0.15) is 38.5 Å². The smallest absolute Gasteiger partial charge is 0.262 e. The Morgan fingerprint density at radius 2 is 0.900 bits per heavy atom. The highest BCUT2D eigenvalue weighted by Crippen LogP contribution is 2.15. The van der Waals surface area contributed by atoms with Gasteiger partial charge in [-0.05, 0) is 23.2 Å². The molecule has 0 radical (unpaired) electrons. The third-order valence-corrected chi connectivity index (χ3v) is 1.50. The highest BCUT2D eigenvalue weighted by molar-refractivity contribution is 6.93. The molecule has 0 aromatic carbocycles. The quantitative estimate of drug-likeness (QED) is 0.520. The van der Waals surface area contributed by atoms with Crippen LogP contribution >= 0.6 is 23.2 Å². The van der Waals surface area contributed by atoms with E-state index in [9.17, 15) is 0 Å². The number of carbonyl (C=O) groups is 1. The van der Waals surface area contributed by atoms with Gasteiger partial charge in [0.05, 0.1) is 0 Å². The molecule has 1 rings (SSSR count). The van der Waals surface area contributed by atoms with Crippen LogP contribution in [0.15, 0.2) is 0 Å². The molecule has 0 unspecified atom stereocenters. The standard InChI is InChI=1S/C6H12.CCl2O/c1-2-4-6-5-3-1;2-1(3)4/h1-6H2;. The van der Waals surface area contributed by atoms with Crippen molar-refractivity contribution in [2.45, 2.75) is 38.5 Å². The minimum atomic E-state index is -0.889. The summed E-state index contributed by atoms with van der Waals surface area (Å²) in [5.74, 6) is 0. The Balaban J connectivity index is 0.000000180. The second kappa shape index (κ2) is 7.36. The van der Waals surface area contributed by atoms with Gasteiger partial charge in [-0.25, -0.2) is 0 Å². The van der Waals surface area contributed by atoms with Gasteiger partial charge < -0.3 is 0 Å². The first-order chi connectivity index (χ1) is 4.73. The molecule has 3 heteroatoms. The lowest BCUT2D eigenvalue weighted by atomic mass is 10.0. The summed E-state index contributed by atoms with van der Waals surface area (Å²) in [7, 11) is 0. The summed E-state index contributed by atoms with van der Waals surface area (Å²) in [5, 5.41) is 0. The van der Waals surface area contributed by atoms with Crippen molar-refractivity contribution >= 4 is 27.9 Å². The van der Waals surface area contributed by atoms with E-state index in [1.807, 2.05) is 0 Å². The van der Waals surface area contributed by atoms with Crippen LogP contribution < -0.4 is 0 Å². The SMILES string of the molecule is C1CCCCC1.O=C(Cl)Cl. The maximum absolute atomic E-state index is 8.98. The van der Waals surface area contributed by atoms with E-state index in [4.69, 9.17) is 4.79 Å². The summed E-state index contributed by atoms with van der Waals surface area (Å²) in [6.07, 6.45) is 9.00. The fraction of sp³-hybridized carbons (Fsp3) is 0.857. The van der Waals surface area contributed by atoms with Crippen LogP contribution in [0.25, 0.3) is 0 Å². The van der Waals surface area contributed by atoms with Crippen molar-refractivity contribution in [3.63, 3.8) is 0 Å². The molecule has 0 aromatic rings. The van der Waals surface area contributed by atoms with Gasteiger partial charge in [0.2, 0.25) is 0 Å². The first kappa shape index (κ1) is 10.2. The highest BCUT2D eigenvalue weighted by atomic mass is 35.5. The Hall–Kier alpha value is 0.250. The number of hydrogen-bond acceptors (Lipinski definition) is 1. The molecule has 0 heterocycles. The monoisotopic (exact) mass is 182 g/mol. The summed E-state index contributed by atoms with van der Waals surface area (Å²) in [5.41, 5.74) is 0. The number of hydrogen-bond donors (Lipinski definition) is 0. The van der Waals surface area contributed by atoms with Crippen LogP contribution in [-0.2, 0) is 0 Å². The van der Waals surface area contributed by atoms with Gasteiger partial charge in [0.15, 0.2) is 0 Å². The predicted octanol–water partition coefficient (Wildman–Crippen LogP) is 3.92. The van der Waals surface area contributed by atoms with Gasteiger partial charge in [0, 0.05) is 0 Å². The highest BCUT2D eigenvalue weighted by Gasteiger charge is 1.95. The van der Waals surface area contributed by atoms with E-state index in [0.29, 0.717) is 0 Å². The maximum Gasteiger partial charge on any atom is 0.313 e. The molecular weight excluding hydrogens is 171 g/mol. The van der Waals surface area contributed by atoms with E-state index in [2.05, 4.69) is 23.2 Å². The summed E-state index contributed by atoms with van der Waals surface area (Å²) in [6, 6.07) is 0. The van der Waals surface area contributed by atoms with Gasteiger partial charge in [0.25, 0.3) is 0 Å². The maximum atomic E-state index is 8.98. The van der Waals surface area contributed by atoms with Gasteiger partial charge in [-0.3, -0.25) is 4.79 Å². The van der Waals surface area contributed by atoms with Crippen LogP contribution in [0.3, 0.4) is 0 Å². The molecule has 0 bridgehead atoms. The second-order valence-corrected chi connectivity index (χ2v) is 3.23. The minimum absolute atomic E-state index is 0.889. The molecule has 1 aliphatic carbocycles. The van der Waals surface area contributed by atoms with Crippen LogP contribution in [0.5, 0.6) is 0 Å². The molecule has 1 fully saturated rings. The average molecular weight is 183 g/mol. The summed E-state index contributed by atoms with van der Waals surface area (Å²) in [4.78, 5) is 8.98. The molecule has 0 amide bonds. The van der Waals surface area contributed by atoms with Crippen LogP contribution in [0.2, 0.25) is 0 Å².